The van der Waals surface area contributed by atoms with Crippen LogP contribution in [-0.4, -0.2) is 45.4 Å². The van der Waals surface area contributed by atoms with Crippen molar-refractivity contribution in [2.24, 2.45) is 4.99 Å². The van der Waals surface area contributed by atoms with Crippen molar-refractivity contribution >= 4 is 45.8 Å². The minimum atomic E-state index is 0.565. The molecule has 1 aliphatic heterocycles. The second-order valence-corrected chi connectivity index (χ2v) is 7.29. The molecule has 0 saturated carbocycles. The number of hydrogen-bond donors (Lipinski definition) is 0. The average Bonchev–Trinajstić information content (AvgIpc) is 3.09. The van der Waals surface area contributed by atoms with E-state index in [1.807, 2.05) is 24.3 Å². The maximum atomic E-state index is 6.34. The third kappa shape index (κ3) is 3.75. The molecule has 3 aromatic rings. The molecule has 1 aliphatic rings. The molecule has 0 N–H and O–H groups in total. The molecule has 0 aliphatic carbocycles. The predicted molar refractivity (Wildman–Crippen MR) is 107 cm³/mol. The third-order valence-electron chi connectivity index (χ3n) is 4.57. The van der Waals surface area contributed by atoms with Crippen LogP contribution in [0.4, 0.5) is 5.69 Å². The van der Waals surface area contributed by atoms with E-state index in [0.717, 1.165) is 30.0 Å². The zero-order valence-electron chi connectivity index (χ0n) is 14.3. The number of aliphatic imine (C=N–C) groups is 1. The normalized spacial score (nSPS) is 16.3. The van der Waals surface area contributed by atoms with Crippen LogP contribution in [0.5, 0.6) is 0 Å². The van der Waals surface area contributed by atoms with Crippen LogP contribution in [0.15, 0.2) is 47.5 Å². The summed E-state index contributed by atoms with van der Waals surface area (Å²) < 4.78 is 1.81. The molecule has 1 fully saturated rings. The first-order chi connectivity index (χ1) is 12.7. The van der Waals surface area contributed by atoms with Crippen molar-refractivity contribution in [2.45, 2.75) is 19.3 Å². The van der Waals surface area contributed by atoms with Gasteiger partial charge in [-0.3, -0.25) is 4.90 Å². The first-order valence-electron chi connectivity index (χ1n) is 8.76. The van der Waals surface area contributed by atoms with Crippen molar-refractivity contribution in [1.82, 2.24) is 19.9 Å². The lowest BCUT2D eigenvalue weighted by Crippen LogP contribution is -2.37. The lowest BCUT2D eigenvalue weighted by Gasteiger charge is -2.26. The number of halogens is 2. The molecule has 4 rings (SSSR count). The summed E-state index contributed by atoms with van der Waals surface area (Å²) in [5, 5.41) is 9.78. The maximum absolute atomic E-state index is 6.34. The van der Waals surface area contributed by atoms with Gasteiger partial charge in [-0.25, -0.2) is 4.99 Å². The van der Waals surface area contributed by atoms with E-state index in [-0.39, 0.29) is 0 Å². The second kappa shape index (κ2) is 7.74. The Balaban J connectivity index is 1.78. The average molecular weight is 388 g/mol. The number of benzene rings is 2. The Morgan fingerprint density at radius 1 is 1.04 bits per heavy atom. The molecule has 2 aromatic carbocycles. The van der Waals surface area contributed by atoms with Crippen LogP contribution in [0.25, 0.3) is 11.0 Å². The summed E-state index contributed by atoms with van der Waals surface area (Å²) in [5.41, 5.74) is 2.42. The number of para-hydroxylation sites is 1. The SMILES string of the molecule is Clc1ccc(Cl)c(N=C(CN2CCCCC2)n2nnc3ccccc32)c1. The van der Waals surface area contributed by atoms with Gasteiger partial charge in [0, 0.05) is 5.02 Å². The molecule has 5 nitrogen and oxygen atoms in total. The first kappa shape index (κ1) is 17.5. The molecule has 7 heteroatoms. The summed E-state index contributed by atoms with van der Waals surface area (Å²) in [6.07, 6.45) is 3.71. The first-order valence-corrected chi connectivity index (χ1v) is 9.52. The van der Waals surface area contributed by atoms with Crippen LogP contribution in [0, 0.1) is 0 Å². The van der Waals surface area contributed by atoms with Gasteiger partial charge < -0.3 is 0 Å². The summed E-state index contributed by atoms with van der Waals surface area (Å²) in [4.78, 5) is 7.22. The topological polar surface area (TPSA) is 46.3 Å². The molecular weight excluding hydrogens is 369 g/mol. The Morgan fingerprint density at radius 3 is 2.69 bits per heavy atom. The van der Waals surface area contributed by atoms with Crippen LogP contribution < -0.4 is 0 Å². The Bertz CT molecular complexity index is 944. The fourth-order valence-corrected chi connectivity index (χ4v) is 3.56. The highest BCUT2D eigenvalue weighted by Crippen LogP contribution is 2.28. The van der Waals surface area contributed by atoms with Gasteiger partial charge in [-0.1, -0.05) is 47.0 Å². The van der Waals surface area contributed by atoms with Crippen LogP contribution in [0.3, 0.4) is 0 Å². The lowest BCUT2D eigenvalue weighted by molar-refractivity contribution is 0.256. The molecule has 2 heterocycles. The minimum absolute atomic E-state index is 0.565. The van der Waals surface area contributed by atoms with Gasteiger partial charge in [-0.2, -0.15) is 4.68 Å². The molecule has 134 valence electrons. The van der Waals surface area contributed by atoms with Gasteiger partial charge in [0.05, 0.1) is 22.8 Å². The van der Waals surface area contributed by atoms with Crippen molar-refractivity contribution in [3.8, 4) is 0 Å². The Hall–Kier alpha value is -1.95. The van der Waals surface area contributed by atoms with E-state index in [0.29, 0.717) is 22.3 Å². The third-order valence-corrected chi connectivity index (χ3v) is 5.12. The molecular formula is C19H19Cl2N5. The molecule has 0 spiro atoms. The Kier molecular flexibility index (Phi) is 5.20. The summed E-state index contributed by atoms with van der Waals surface area (Å²) in [6.45, 7) is 2.82. The van der Waals surface area contributed by atoms with Crippen molar-refractivity contribution in [1.29, 1.82) is 0 Å². The molecule has 1 aromatic heterocycles. The monoisotopic (exact) mass is 387 g/mol. The van der Waals surface area contributed by atoms with Crippen molar-refractivity contribution in [2.75, 3.05) is 19.6 Å². The fraction of sp³-hybridized carbons (Fsp3) is 0.316. The molecule has 0 radical (unpaired) electrons. The van der Waals surface area contributed by atoms with E-state index < -0.39 is 0 Å². The highest BCUT2D eigenvalue weighted by molar-refractivity contribution is 6.35. The Morgan fingerprint density at radius 2 is 1.85 bits per heavy atom. The number of likely N-dealkylation sites (tertiary alicyclic amines) is 1. The molecule has 0 bridgehead atoms. The van der Waals surface area contributed by atoms with Gasteiger partial charge in [-0.15, -0.1) is 5.10 Å². The second-order valence-electron chi connectivity index (χ2n) is 6.45. The van der Waals surface area contributed by atoms with Gasteiger partial charge >= 0.3 is 0 Å². The number of rotatable bonds is 3. The van der Waals surface area contributed by atoms with Gasteiger partial charge in [0.2, 0.25) is 0 Å². The molecule has 0 amide bonds. The lowest BCUT2D eigenvalue weighted by atomic mass is 10.1. The smallest absolute Gasteiger partial charge is 0.147 e. The fourth-order valence-electron chi connectivity index (χ4n) is 3.24. The summed E-state index contributed by atoms with van der Waals surface area (Å²) in [6, 6.07) is 13.2. The van der Waals surface area contributed by atoms with E-state index in [9.17, 15) is 0 Å². The summed E-state index contributed by atoms with van der Waals surface area (Å²) in [7, 11) is 0. The van der Waals surface area contributed by atoms with Crippen LogP contribution >= 0.6 is 23.2 Å². The van der Waals surface area contributed by atoms with Crippen LogP contribution in [0.1, 0.15) is 19.3 Å². The standard InChI is InChI=1S/C19H19Cl2N5/c20-14-8-9-15(21)17(12-14)22-19(13-25-10-4-1-5-11-25)26-18-7-3-2-6-16(18)23-24-26/h2-3,6-9,12H,1,4-5,10-11,13H2. The molecule has 1 saturated heterocycles. The number of fused-ring (bicyclic) bond motifs is 1. The van der Waals surface area contributed by atoms with Gasteiger partial charge in [0.1, 0.15) is 11.4 Å². The largest absolute Gasteiger partial charge is 0.296 e. The van der Waals surface area contributed by atoms with Crippen molar-refractivity contribution in [3.63, 3.8) is 0 Å². The molecule has 0 atom stereocenters. The Labute approximate surface area is 162 Å². The van der Waals surface area contributed by atoms with Gasteiger partial charge in [-0.05, 0) is 56.3 Å². The van der Waals surface area contributed by atoms with E-state index in [4.69, 9.17) is 28.2 Å². The van der Waals surface area contributed by atoms with Crippen molar-refractivity contribution < 1.29 is 0 Å². The van der Waals surface area contributed by atoms with E-state index >= 15 is 0 Å². The zero-order chi connectivity index (χ0) is 17.9. The van der Waals surface area contributed by atoms with Crippen LogP contribution in [0.2, 0.25) is 10.0 Å². The number of aromatic nitrogens is 3. The minimum Gasteiger partial charge on any atom is -0.296 e. The summed E-state index contributed by atoms with van der Waals surface area (Å²) >= 11 is 12.5. The van der Waals surface area contributed by atoms with E-state index in [1.165, 1.54) is 19.3 Å². The highest BCUT2D eigenvalue weighted by Gasteiger charge is 2.17. The molecule has 0 unspecified atom stereocenters. The van der Waals surface area contributed by atoms with E-state index in [1.54, 1.807) is 22.9 Å². The zero-order valence-corrected chi connectivity index (χ0v) is 15.8. The van der Waals surface area contributed by atoms with Gasteiger partial charge in [0.15, 0.2) is 0 Å². The number of piperidine rings is 1. The van der Waals surface area contributed by atoms with E-state index in [2.05, 4.69) is 15.2 Å². The van der Waals surface area contributed by atoms with Gasteiger partial charge in [0.25, 0.3) is 0 Å². The predicted octanol–water partition coefficient (Wildman–Crippen LogP) is 4.80. The summed E-state index contributed by atoms with van der Waals surface area (Å²) in [5.74, 6) is 0.796. The number of nitrogens with zero attached hydrogens (tertiary/aromatic N) is 5. The van der Waals surface area contributed by atoms with Crippen molar-refractivity contribution in [3.05, 3.63) is 52.5 Å². The highest BCUT2D eigenvalue weighted by atomic mass is 35.5. The molecule has 26 heavy (non-hydrogen) atoms. The quantitative estimate of drug-likeness (QED) is 0.478. The number of hydrogen-bond acceptors (Lipinski definition) is 4. The maximum Gasteiger partial charge on any atom is 0.147 e. The van der Waals surface area contributed by atoms with Crippen LogP contribution in [-0.2, 0) is 0 Å².